The number of hydrogen-bond acceptors (Lipinski definition) is 3. The maximum Gasteiger partial charge on any atom is 0.0934 e. The number of rotatable bonds is 1. The molecule has 0 aliphatic carbocycles. The van der Waals surface area contributed by atoms with Gasteiger partial charge in [0.15, 0.2) is 0 Å². The molecule has 0 amide bonds. The molecule has 1 aliphatic rings. The molecule has 3 rings (SSSR count). The van der Waals surface area contributed by atoms with Crippen LogP contribution in [0.2, 0.25) is 0 Å². The molecule has 1 aromatic carbocycles. The van der Waals surface area contributed by atoms with E-state index in [1.807, 2.05) is 12.1 Å². The number of para-hydroxylation sites is 1. The zero-order valence-corrected chi connectivity index (χ0v) is 7.77. The minimum Gasteiger partial charge on any atom is -0.310 e. The summed E-state index contributed by atoms with van der Waals surface area (Å²) in [5, 5.41) is 3.39. The Morgan fingerprint density at radius 2 is 2.07 bits per heavy atom. The largest absolute Gasteiger partial charge is 0.310 e. The van der Waals surface area contributed by atoms with E-state index in [1.165, 1.54) is 12.0 Å². The zero-order chi connectivity index (χ0) is 9.38. The molecule has 0 spiro atoms. The predicted octanol–water partition coefficient (Wildman–Crippen LogP) is 1.66. The normalized spacial score (nSPS) is 20.7. The van der Waals surface area contributed by atoms with Gasteiger partial charge in [0.2, 0.25) is 0 Å². The van der Waals surface area contributed by atoms with Gasteiger partial charge < -0.3 is 5.32 Å². The number of fused-ring (bicyclic) bond motifs is 1. The Balaban J connectivity index is 2.22. The van der Waals surface area contributed by atoms with Crippen LogP contribution in [-0.4, -0.2) is 16.5 Å². The van der Waals surface area contributed by atoms with Crippen molar-refractivity contribution in [2.75, 3.05) is 6.54 Å². The predicted molar refractivity (Wildman–Crippen MR) is 54.9 cm³/mol. The summed E-state index contributed by atoms with van der Waals surface area (Å²) in [6.45, 7) is 1.11. The fourth-order valence-electron chi connectivity index (χ4n) is 1.85. The molecular weight excluding hydrogens is 174 g/mol. The van der Waals surface area contributed by atoms with Crippen LogP contribution >= 0.6 is 0 Å². The molecule has 1 fully saturated rings. The van der Waals surface area contributed by atoms with Crippen LogP contribution < -0.4 is 5.32 Å². The van der Waals surface area contributed by atoms with Gasteiger partial charge >= 0.3 is 0 Å². The first-order chi connectivity index (χ1) is 6.95. The van der Waals surface area contributed by atoms with E-state index in [1.54, 1.807) is 12.4 Å². The molecule has 0 radical (unpaired) electrons. The van der Waals surface area contributed by atoms with E-state index in [-0.39, 0.29) is 0 Å². The topological polar surface area (TPSA) is 37.8 Å². The van der Waals surface area contributed by atoms with Crippen molar-refractivity contribution in [1.82, 2.24) is 15.3 Å². The second-order valence-electron chi connectivity index (χ2n) is 3.57. The van der Waals surface area contributed by atoms with Gasteiger partial charge in [0, 0.05) is 18.4 Å². The lowest BCUT2D eigenvalue weighted by atomic mass is 9.97. The zero-order valence-electron chi connectivity index (χ0n) is 7.77. The highest BCUT2D eigenvalue weighted by Crippen LogP contribution is 2.27. The van der Waals surface area contributed by atoms with E-state index in [0.29, 0.717) is 6.04 Å². The van der Waals surface area contributed by atoms with Gasteiger partial charge in [0.25, 0.3) is 0 Å². The summed E-state index contributed by atoms with van der Waals surface area (Å²) < 4.78 is 0. The molecule has 0 bridgehead atoms. The second kappa shape index (κ2) is 3.03. The number of nitrogens with one attached hydrogen (secondary N) is 1. The Hall–Kier alpha value is -1.48. The Bertz CT molecular complexity index is 458. The molecule has 14 heavy (non-hydrogen) atoms. The van der Waals surface area contributed by atoms with Crippen LogP contribution in [0.1, 0.15) is 18.0 Å². The highest BCUT2D eigenvalue weighted by Gasteiger charge is 2.20. The van der Waals surface area contributed by atoms with E-state index in [2.05, 4.69) is 21.4 Å². The lowest BCUT2D eigenvalue weighted by molar-refractivity contribution is 0.385. The van der Waals surface area contributed by atoms with Gasteiger partial charge in [-0.25, -0.2) is 0 Å². The van der Waals surface area contributed by atoms with Gasteiger partial charge in [-0.15, -0.1) is 0 Å². The number of aromatic nitrogens is 2. The van der Waals surface area contributed by atoms with Crippen LogP contribution in [0.25, 0.3) is 11.0 Å². The molecule has 1 atom stereocenters. The molecule has 1 N–H and O–H groups in total. The molecule has 2 heterocycles. The Morgan fingerprint density at radius 3 is 2.86 bits per heavy atom. The first-order valence-electron chi connectivity index (χ1n) is 4.88. The van der Waals surface area contributed by atoms with Gasteiger partial charge in [0.1, 0.15) is 0 Å². The third-order valence-corrected chi connectivity index (χ3v) is 2.73. The highest BCUT2D eigenvalue weighted by atomic mass is 15.0. The molecule has 0 saturated carbocycles. The van der Waals surface area contributed by atoms with Crippen molar-refractivity contribution in [3.05, 3.63) is 36.2 Å². The fraction of sp³-hybridized carbons (Fsp3) is 0.273. The van der Waals surface area contributed by atoms with Crippen molar-refractivity contribution in [2.24, 2.45) is 0 Å². The molecule has 2 aromatic rings. The van der Waals surface area contributed by atoms with Crippen LogP contribution in [0.3, 0.4) is 0 Å². The molecule has 1 saturated heterocycles. The average Bonchev–Trinajstić information content (AvgIpc) is 2.16. The van der Waals surface area contributed by atoms with Crippen molar-refractivity contribution in [3.8, 4) is 0 Å². The van der Waals surface area contributed by atoms with E-state index >= 15 is 0 Å². The van der Waals surface area contributed by atoms with Crippen LogP contribution in [-0.2, 0) is 0 Å². The smallest absolute Gasteiger partial charge is 0.0934 e. The first-order valence-corrected chi connectivity index (χ1v) is 4.88. The summed E-state index contributed by atoms with van der Waals surface area (Å²) in [6.07, 6.45) is 4.69. The summed E-state index contributed by atoms with van der Waals surface area (Å²) in [4.78, 5) is 8.67. The number of hydrogen-bond donors (Lipinski definition) is 1. The van der Waals surface area contributed by atoms with E-state index in [0.717, 1.165) is 17.6 Å². The first kappa shape index (κ1) is 7.88. The summed E-state index contributed by atoms with van der Waals surface area (Å²) in [7, 11) is 0. The van der Waals surface area contributed by atoms with Gasteiger partial charge in [-0.3, -0.25) is 9.97 Å². The van der Waals surface area contributed by atoms with Crippen molar-refractivity contribution in [3.63, 3.8) is 0 Å². The summed E-state index contributed by atoms with van der Waals surface area (Å²) >= 11 is 0. The lowest BCUT2D eigenvalue weighted by Gasteiger charge is -2.28. The van der Waals surface area contributed by atoms with Gasteiger partial charge in [-0.05, 0) is 24.6 Å². The van der Waals surface area contributed by atoms with Crippen LogP contribution in [0.15, 0.2) is 30.6 Å². The minimum absolute atomic E-state index is 0.482. The maximum absolute atomic E-state index is 4.38. The maximum atomic E-state index is 4.38. The molecule has 3 nitrogen and oxygen atoms in total. The lowest BCUT2D eigenvalue weighted by Crippen LogP contribution is -2.35. The summed E-state index contributed by atoms with van der Waals surface area (Å²) in [6, 6.07) is 6.67. The van der Waals surface area contributed by atoms with Gasteiger partial charge in [-0.2, -0.15) is 0 Å². The molecular formula is C11H11N3. The van der Waals surface area contributed by atoms with Gasteiger partial charge in [0.05, 0.1) is 11.0 Å². The van der Waals surface area contributed by atoms with E-state index in [9.17, 15) is 0 Å². The molecule has 1 aliphatic heterocycles. The van der Waals surface area contributed by atoms with Crippen LogP contribution in [0.5, 0.6) is 0 Å². The van der Waals surface area contributed by atoms with E-state index in [4.69, 9.17) is 0 Å². The molecule has 1 unspecified atom stereocenters. The van der Waals surface area contributed by atoms with E-state index < -0.39 is 0 Å². The van der Waals surface area contributed by atoms with Crippen molar-refractivity contribution >= 4 is 11.0 Å². The SMILES string of the molecule is c1cc(C2CCN2)c2nccnc2c1. The summed E-state index contributed by atoms with van der Waals surface area (Å²) in [5.41, 5.74) is 3.30. The highest BCUT2D eigenvalue weighted by molar-refractivity contribution is 5.78. The quantitative estimate of drug-likeness (QED) is 0.734. The van der Waals surface area contributed by atoms with Crippen molar-refractivity contribution in [1.29, 1.82) is 0 Å². The molecule has 3 heteroatoms. The molecule has 70 valence electrons. The standard InChI is InChI=1S/C11H11N3/c1-2-8(9-4-5-12-9)11-10(3-1)13-6-7-14-11/h1-3,6-7,9,12H,4-5H2. The number of nitrogens with zero attached hydrogens (tertiary/aromatic N) is 2. The van der Waals surface area contributed by atoms with Crippen LogP contribution in [0, 0.1) is 0 Å². The average molecular weight is 185 g/mol. The van der Waals surface area contributed by atoms with Gasteiger partial charge in [-0.1, -0.05) is 12.1 Å². The summed E-state index contributed by atoms with van der Waals surface area (Å²) in [5.74, 6) is 0. The Morgan fingerprint density at radius 1 is 1.21 bits per heavy atom. The van der Waals surface area contributed by atoms with Crippen molar-refractivity contribution < 1.29 is 0 Å². The fourth-order valence-corrected chi connectivity index (χ4v) is 1.85. The number of benzene rings is 1. The van der Waals surface area contributed by atoms with Crippen LogP contribution in [0.4, 0.5) is 0 Å². The monoisotopic (exact) mass is 185 g/mol. The Labute approximate surface area is 82.2 Å². The minimum atomic E-state index is 0.482. The third-order valence-electron chi connectivity index (χ3n) is 2.73. The Kier molecular flexibility index (Phi) is 1.70. The second-order valence-corrected chi connectivity index (χ2v) is 3.57. The third kappa shape index (κ3) is 1.09. The molecule has 1 aromatic heterocycles. The van der Waals surface area contributed by atoms with Crippen molar-refractivity contribution in [2.45, 2.75) is 12.5 Å².